The van der Waals surface area contributed by atoms with Gasteiger partial charge in [0.1, 0.15) is 5.82 Å². The molecule has 4 rings (SSSR count). The monoisotopic (exact) mass is 402 g/mol. The first-order valence-electron chi connectivity index (χ1n) is 10.5. The molecule has 0 aliphatic rings. The Morgan fingerprint density at radius 1 is 0.867 bits per heavy atom. The van der Waals surface area contributed by atoms with Crippen molar-refractivity contribution in [2.45, 2.75) is 26.9 Å². The summed E-state index contributed by atoms with van der Waals surface area (Å²) in [7, 11) is 0. The van der Waals surface area contributed by atoms with E-state index in [9.17, 15) is 4.39 Å². The zero-order valence-corrected chi connectivity index (χ0v) is 17.5. The smallest absolute Gasteiger partial charge is 0.204 e. The summed E-state index contributed by atoms with van der Waals surface area (Å²) in [5, 5.41) is 3.49. The number of imidazole rings is 1. The van der Waals surface area contributed by atoms with E-state index in [1.54, 1.807) is 0 Å². The lowest BCUT2D eigenvalue weighted by Gasteiger charge is -2.21. The normalized spacial score (nSPS) is 11.0. The Kier molecular flexibility index (Phi) is 5.98. The van der Waals surface area contributed by atoms with Crippen molar-refractivity contribution in [1.29, 1.82) is 0 Å². The van der Waals surface area contributed by atoms with Crippen LogP contribution in [0.1, 0.15) is 25.0 Å². The molecular weight excluding hydrogens is 375 g/mol. The SMILES string of the molecule is CCN(CC)c1ccc(CNc2nc3ccccc3n2Cc2ccc(F)cc2)cc1. The maximum Gasteiger partial charge on any atom is 0.204 e. The van der Waals surface area contributed by atoms with Crippen LogP contribution >= 0.6 is 0 Å². The highest BCUT2D eigenvalue weighted by molar-refractivity contribution is 5.78. The van der Waals surface area contributed by atoms with Gasteiger partial charge in [0.15, 0.2) is 0 Å². The van der Waals surface area contributed by atoms with Crippen molar-refractivity contribution in [2.75, 3.05) is 23.3 Å². The van der Waals surface area contributed by atoms with Gasteiger partial charge in [-0.25, -0.2) is 9.37 Å². The lowest BCUT2D eigenvalue weighted by atomic mass is 10.2. The predicted molar refractivity (Wildman–Crippen MR) is 123 cm³/mol. The first-order valence-corrected chi connectivity index (χ1v) is 10.5. The Morgan fingerprint density at radius 2 is 1.53 bits per heavy atom. The molecule has 0 aliphatic carbocycles. The number of nitrogens with one attached hydrogen (secondary N) is 1. The van der Waals surface area contributed by atoms with Gasteiger partial charge in [-0.15, -0.1) is 0 Å². The number of anilines is 2. The molecule has 1 aromatic heterocycles. The fourth-order valence-corrected chi connectivity index (χ4v) is 3.74. The third-order valence-electron chi connectivity index (χ3n) is 5.42. The second kappa shape index (κ2) is 8.99. The van der Waals surface area contributed by atoms with Crippen LogP contribution in [0.3, 0.4) is 0 Å². The number of fused-ring (bicyclic) bond motifs is 1. The molecule has 4 nitrogen and oxygen atoms in total. The number of rotatable bonds is 8. The van der Waals surface area contributed by atoms with Crippen LogP contribution < -0.4 is 10.2 Å². The Hall–Kier alpha value is -3.34. The summed E-state index contributed by atoms with van der Waals surface area (Å²) in [5.74, 6) is 0.592. The summed E-state index contributed by atoms with van der Waals surface area (Å²) in [4.78, 5) is 7.12. The molecule has 30 heavy (non-hydrogen) atoms. The Balaban J connectivity index is 1.55. The van der Waals surface area contributed by atoms with Gasteiger partial charge in [0.25, 0.3) is 0 Å². The van der Waals surface area contributed by atoms with Crippen molar-refractivity contribution in [1.82, 2.24) is 9.55 Å². The predicted octanol–water partition coefficient (Wildman–Crippen LogP) is 5.68. The topological polar surface area (TPSA) is 33.1 Å². The lowest BCUT2D eigenvalue weighted by molar-refractivity contribution is 0.626. The zero-order valence-electron chi connectivity index (χ0n) is 17.5. The molecule has 0 amide bonds. The van der Waals surface area contributed by atoms with Crippen LogP contribution in [-0.4, -0.2) is 22.6 Å². The highest BCUT2D eigenvalue weighted by Crippen LogP contribution is 2.22. The van der Waals surface area contributed by atoms with Crippen molar-refractivity contribution in [2.24, 2.45) is 0 Å². The molecule has 1 heterocycles. The fourth-order valence-electron chi connectivity index (χ4n) is 3.74. The third kappa shape index (κ3) is 4.30. The summed E-state index contributed by atoms with van der Waals surface area (Å²) in [5.41, 5.74) is 5.48. The number of hydrogen-bond donors (Lipinski definition) is 1. The van der Waals surface area contributed by atoms with Gasteiger partial charge in [-0.1, -0.05) is 36.4 Å². The molecule has 154 valence electrons. The Morgan fingerprint density at radius 3 is 2.23 bits per heavy atom. The van der Waals surface area contributed by atoms with E-state index in [1.807, 2.05) is 30.3 Å². The molecule has 0 unspecified atom stereocenters. The van der Waals surface area contributed by atoms with Gasteiger partial charge in [0.05, 0.1) is 17.6 Å². The van der Waals surface area contributed by atoms with Crippen molar-refractivity contribution in [3.8, 4) is 0 Å². The standard InChI is InChI=1S/C25H27FN4/c1-3-29(4-2)22-15-11-19(12-16-22)17-27-25-28-23-7-5-6-8-24(23)30(25)18-20-9-13-21(26)14-10-20/h5-16H,3-4,17-18H2,1-2H3,(H,27,28). The van der Waals surface area contributed by atoms with Crippen LogP contribution in [-0.2, 0) is 13.1 Å². The minimum absolute atomic E-state index is 0.222. The van der Waals surface area contributed by atoms with Crippen LogP contribution in [0.4, 0.5) is 16.0 Å². The average molecular weight is 403 g/mol. The molecule has 0 spiro atoms. The van der Waals surface area contributed by atoms with Gasteiger partial charge in [0.2, 0.25) is 5.95 Å². The second-order valence-corrected chi connectivity index (χ2v) is 7.33. The van der Waals surface area contributed by atoms with Gasteiger partial charge in [0, 0.05) is 25.3 Å². The van der Waals surface area contributed by atoms with Gasteiger partial charge >= 0.3 is 0 Å². The van der Waals surface area contributed by atoms with Crippen molar-refractivity contribution < 1.29 is 4.39 Å². The van der Waals surface area contributed by atoms with E-state index in [2.05, 4.69) is 59.0 Å². The van der Waals surface area contributed by atoms with Crippen molar-refractivity contribution in [3.63, 3.8) is 0 Å². The molecule has 0 saturated heterocycles. The number of nitrogens with zero attached hydrogens (tertiary/aromatic N) is 3. The highest BCUT2D eigenvalue weighted by Gasteiger charge is 2.11. The van der Waals surface area contributed by atoms with Crippen LogP contribution in [0.15, 0.2) is 72.8 Å². The zero-order chi connectivity index (χ0) is 20.9. The molecule has 1 N–H and O–H groups in total. The molecule has 0 fully saturated rings. The quantitative estimate of drug-likeness (QED) is 0.411. The number of para-hydroxylation sites is 2. The van der Waals surface area contributed by atoms with Crippen LogP contribution in [0.2, 0.25) is 0 Å². The first-order chi connectivity index (χ1) is 14.7. The van der Waals surface area contributed by atoms with Gasteiger partial charge in [-0.05, 0) is 61.4 Å². The molecular formula is C25H27FN4. The number of hydrogen-bond acceptors (Lipinski definition) is 3. The van der Waals surface area contributed by atoms with E-state index in [-0.39, 0.29) is 5.82 Å². The lowest BCUT2D eigenvalue weighted by Crippen LogP contribution is -2.21. The maximum absolute atomic E-state index is 13.3. The summed E-state index contributed by atoms with van der Waals surface area (Å²) in [6.07, 6.45) is 0. The minimum Gasteiger partial charge on any atom is -0.372 e. The molecule has 0 saturated carbocycles. The molecule has 4 aromatic rings. The maximum atomic E-state index is 13.3. The van der Waals surface area contributed by atoms with Gasteiger partial charge in [-0.3, -0.25) is 0 Å². The molecule has 0 atom stereocenters. The summed E-state index contributed by atoms with van der Waals surface area (Å²) in [6.45, 7) is 7.66. The summed E-state index contributed by atoms with van der Waals surface area (Å²) >= 11 is 0. The molecule has 0 radical (unpaired) electrons. The van der Waals surface area contributed by atoms with E-state index in [4.69, 9.17) is 4.98 Å². The molecule has 5 heteroatoms. The minimum atomic E-state index is -0.222. The number of aromatic nitrogens is 2. The van der Waals surface area contributed by atoms with Crippen LogP contribution in [0.25, 0.3) is 11.0 Å². The largest absolute Gasteiger partial charge is 0.372 e. The van der Waals surface area contributed by atoms with Gasteiger partial charge in [-0.2, -0.15) is 0 Å². The van der Waals surface area contributed by atoms with E-state index in [0.717, 1.165) is 35.6 Å². The van der Waals surface area contributed by atoms with E-state index < -0.39 is 0 Å². The Bertz CT molecular complexity index is 1100. The average Bonchev–Trinajstić information content (AvgIpc) is 3.13. The fraction of sp³-hybridized carbons (Fsp3) is 0.240. The highest BCUT2D eigenvalue weighted by atomic mass is 19.1. The molecule has 0 bridgehead atoms. The first kappa shape index (κ1) is 20.0. The number of benzene rings is 3. The third-order valence-corrected chi connectivity index (χ3v) is 5.42. The van der Waals surface area contributed by atoms with E-state index >= 15 is 0 Å². The second-order valence-electron chi connectivity index (χ2n) is 7.33. The van der Waals surface area contributed by atoms with Crippen molar-refractivity contribution in [3.05, 3.63) is 89.7 Å². The van der Waals surface area contributed by atoms with Gasteiger partial charge < -0.3 is 14.8 Å². The van der Waals surface area contributed by atoms with Crippen molar-refractivity contribution >= 4 is 22.7 Å². The molecule has 3 aromatic carbocycles. The Labute approximate surface area is 177 Å². The van der Waals surface area contributed by atoms with Crippen LogP contribution in [0.5, 0.6) is 0 Å². The van der Waals surface area contributed by atoms with Crippen LogP contribution in [0, 0.1) is 5.82 Å². The van der Waals surface area contributed by atoms with E-state index in [1.165, 1.54) is 23.4 Å². The molecule has 0 aliphatic heterocycles. The summed E-state index contributed by atoms with van der Waals surface area (Å²) < 4.78 is 15.4. The number of halogens is 1. The summed E-state index contributed by atoms with van der Waals surface area (Å²) in [6, 6.07) is 23.4. The van der Waals surface area contributed by atoms with E-state index in [0.29, 0.717) is 13.1 Å².